The average molecular weight is 664 g/mol. The molecular formula is C45H25N7. The molecule has 0 saturated heterocycles. The summed E-state index contributed by atoms with van der Waals surface area (Å²) in [5, 5.41) is 23.4. The highest BCUT2D eigenvalue weighted by Crippen LogP contribution is 2.41. The van der Waals surface area contributed by atoms with Crippen LogP contribution in [0.25, 0.3) is 89.0 Å². The zero-order valence-corrected chi connectivity index (χ0v) is 27.6. The molecule has 0 aliphatic rings. The van der Waals surface area contributed by atoms with Gasteiger partial charge in [0.05, 0.1) is 34.3 Å². The lowest BCUT2D eigenvalue weighted by atomic mass is 9.90. The van der Waals surface area contributed by atoms with E-state index in [1.54, 1.807) is 12.3 Å². The van der Waals surface area contributed by atoms with Gasteiger partial charge in [0, 0.05) is 51.0 Å². The Bertz CT molecular complexity index is 2840. The van der Waals surface area contributed by atoms with Crippen molar-refractivity contribution in [2.75, 3.05) is 0 Å². The summed E-state index contributed by atoms with van der Waals surface area (Å²) in [6.45, 7) is 0. The van der Waals surface area contributed by atoms with Crippen LogP contribution in [-0.2, 0) is 0 Å². The molecule has 9 aromatic rings. The first kappa shape index (κ1) is 30.4. The van der Waals surface area contributed by atoms with Crippen molar-refractivity contribution in [3.05, 3.63) is 163 Å². The van der Waals surface area contributed by atoms with Crippen molar-refractivity contribution < 1.29 is 0 Å². The normalized spacial score (nSPS) is 11.0. The van der Waals surface area contributed by atoms with Crippen LogP contribution in [0, 0.1) is 22.7 Å². The zero-order chi connectivity index (χ0) is 35.0. The summed E-state index contributed by atoms with van der Waals surface area (Å²) in [7, 11) is 0. The fourth-order valence-electron chi connectivity index (χ4n) is 6.82. The van der Waals surface area contributed by atoms with E-state index in [9.17, 15) is 10.5 Å². The van der Waals surface area contributed by atoms with E-state index in [-0.39, 0.29) is 0 Å². The number of rotatable bonds is 5. The molecule has 0 saturated carbocycles. The van der Waals surface area contributed by atoms with Gasteiger partial charge < -0.3 is 0 Å². The number of benzene rings is 6. The Morgan fingerprint density at radius 2 is 0.827 bits per heavy atom. The average Bonchev–Trinajstić information content (AvgIpc) is 3.23. The molecule has 7 heteroatoms. The molecule has 0 radical (unpaired) electrons. The van der Waals surface area contributed by atoms with Crippen LogP contribution in [0.1, 0.15) is 11.1 Å². The molecular weight excluding hydrogens is 639 g/mol. The van der Waals surface area contributed by atoms with E-state index in [4.69, 9.17) is 24.9 Å². The lowest BCUT2D eigenvalue weighted by molar-refractivity contribution is 1.07. The number of hydrogen-bond acceptors (Lipinski definition) is 7. The monoisotopic (exact) mass is 663 g/mol. The van der Waals surface area contributed by atoms with Gasteiger partial charge in [-0.1, -0.05) is 91.0 Å². The van der Waals surface area contributed by atoms with Crippen molar-refractivity contribution in [3.8, 4) is 68.6 Å². The van der Waals surface area contributed by atoms with Crippen LogP contribution in [-0.4, -0.2) is 24.9 Å². The predicted octanol–water partition coefficient (Wildman–Crippen LogP) is 10.2. The number of aromatic nitrogens is 5. The molecule has 0 atom stereocenters. The molecule has 240 valence electrons. The molecule has 0 unspecified atom stereocenters. The Kier molecular flexibility index (Phi) is 7.43. The Balaban J connectivity index is 1.26. The minimum Gasteiger partial charge on any atom is -0.256 e. The van der Waals surface area contributed by atoms with Crippen LogP contribution < -0.4 is 0 Å². The molecule has 0 spiro atoms. The molecule has 7 nitrogen and oxygen atoms in total. The standard InChI is InChI=1S/C45H25N7/c46-26-28-20-29(27-47)22-34(21-28)38-25-40-35-16-8-18-48-41(35)37(24-39(40)36-17-9-19-49-42(36)38)32-14-7-15-33(23-32)45-51-43(30-10-3-1-4-11-30)50-44(52-45)31-12-5-2-6-13-31/h1-25H. The maximum absolute atomic E-state index is 9.72. The zero-order valence-electron chi connectivity index (χ0n) is 27.6. The smallest absolute Gasteiger partial charge is 0.164 e. The van der Waals surface area contributed by atoms with Gasteiger partial charge in [0.1, 0.15) is 0 Å². The lowest BCUT2D eigenvalue weighted by Gasteiger charge is -2.15. The van der Waals surface area contributed by atoms with Crippen molar-refractivity contribution in [3.63, 3.8) is 0 Å². The van der Waals surface area contributed by atoms with Gasteiger partial charge in [-0.05, 0) is 70.4 Å². The first-order valence-electron chi connectivity index (χ1n) is 16.7. The summed E-state index contributed by atoms with van der Waals surface area (Å²) < 4.78 is 0. The predicted molar refractivity (Wildman–Crippen MR) is 205 cm³/mol. The summed E-state index contributed by atoms with van der Waals surface area (Å²) in [5.41, 5.74) is 8.67. The highest BCUT2D eigenvalue weighted by molar-refractivity contribution is 6.22. The van der Waals surface area contributed by atoms with E-state index in [0.29, 0.717) is 28.6 Å². The number of nitriles is 2. The Morgan fingerprint density at radius 3 is 1.35 bits per heavy atom. The molecule has 3 heterocycles. The molecule has 0 N–H and O–H groups in total. The third-order valence-electron chi connectivity index (χ3n) is 9.21. The summed E-state index contributed by atoms with van der Waals surface area (Å²) in [6.07, 6.45) is 3.58. The summed E-state index contributed by atoms with van der Waals surface area (Å²) in [5.74, 6) is 1.78. The van der Waals surface area contributed by atoms with Gasteiger partial charge in [0.25, 0.3) is 0 Å². The van der Waals surface area contributed by atoms with E-state index in [2.05, 4.69) is 48.5 Å². The molecule has 0 aliphatic heterocycles. The molecule has 0 aliphatic carbocycles. The molecule has 0 bridgehead atoms. The maximum atomic E-state index is 9.72. The fourth-order valence-corrected chi connectivity index (χ4v) is 6.82. The largest absolute Gasteiger partial charge is 0.256 e. The van der Waals surface area contributed by atoms with E-state index in [1.807, 2.05) is 103 Å². The third kappa shape index (κ3) is 5.36. The van der Waals surface area contributed by atoms with Crippen molar-refractivity contribution in [2.45, 2.75) is 0 Å². The van der Waals surface area contributed by atoms with E-state index < -0.39 is 0 Å². The van der Waals surface area contributed by atoms with Crippen LogP contribution >= 0.6 is 0 Å². The van der Waals surface area contributed by atoms with Crippen molar-refractivity contribution in [1.82, 2.24) is 24.9 Å². The maximum Gasteiger partial charge on any atom is 0.164 e. The van der Waals surface area contributed by atoms with Gasteiger partial charge in [0.15, 0.2) is 17.5 Å². The second-order valence-electron chi connectivity index (χ2n) is 12.4. The van der Waals surface area contributed by atoms with Crippen LogP contribution in [0.3, 0.4) is 0 Å². The Morgan fingerprint density at radius 1 is 0.365 bits per heavy atom. The highest BCUT2D eigenvalue weighted by Gasteiger charge is 2.18. The third-order valence-corrected chi connectivity index (χ3v) is 9.21. The van der Waals surface area contributed by atoms with Gasteiger partial charge >= 0.3 is 0 Å². The lowest BCUT2D eigenvalue weighted by Crippen LogP contribution is -2.00. The van der Waals surface area contributed by atoms with Crippen LogP contribution in [0.15, 0.2) is 152 Å². The molecule has 9 rings (SSSR count). The van der Waals surface area contributed by atoms with Gasteiger partial charge in [-0.15, -0.1) is 0 Å². The van der Waals surface area contributed by atoms with E-state index in [1.165, 1.54) is 0 Å². The first-order valence-corrected chi connectivity index (χ1v) is 16.7. The second kappa shape index (κ2) is 12.7. The summed E-state index contributed by atoms with van der Waals surface area (Å²) >= 11 is 0. The van der Waals surface area contributed by atoms with Crippen molar-refractivity contribution in [1.29, 1.82) is 10.5 Å². The quantitative estimate of drug-likeness (QED) is 0.168. The van der Waals surface area contributed by atoms with Gasteiger partial charge in [-0.2, -0.15) is 10.5 Å². The van der Waals surface area contributed by atoms with Crippen LogP contribution in [0.5, 0.6) is 0 Å². The minimum absolute atomic E-state index is 0.421. The van der Waals surface area contributed by atoms with Gasteiger partial charge in [-0.25, -0.2) is 15.0 Å². The Hall–Kier alpha value is -7.61. The van der Waals surface area contributed by atoms with Crippen LogP contribution in [0.4, 0.5) is 0 Å². The fraction of sp³-hybridized carbons (Fsp3) is 0. The Labute approximate surface area is 298 Å². The van der Waals surface area contributed by atoms with E-state index in [0.717, 1.165) is 71.5 Å². The van der Waals surface area contributed by atoms with Crippen molar-refractivity contribution >= 4 is 32.6 Å². The number of hydrogen-bond donors (Lipinski definition) is 0. The minimum atomic E-state index is 0.421. The SMILES string of the molecule is N#Cc1cc(C#N)cc(-c2cc3c4cccnc4c(-c4cccc(-c5nc(-c6ccccc6)nc(-c6ccccc6)n5)c4)cc3c3cccnc23)c1. The number of fused-ring (bicyclic) bond motifs is 5. The van der Waals surface area contributed by atoms with Crippen LogP contribution in [0.2, 0.25) is 0 Å². The van der Waals surface area contributed by atoms with Crippen molar-refractivity contribution in [2.24, 2.45) is 0 Å². The molecule has 6 aromatic carbocycles. The molecule has 0 fully saturated rings. The number of nitrogens with zero attached hydrogens (tertiary/aromatic N) is 7. The van der Waals surface area contributed by atoms with Gasteiger partial charge in [0.2, 0.25) is 0 Å². The molecule has 0 amide bonds. The summed E-state index contributed by atoms with van der Waals surface area (Å²) in [6, 6.07) is 50.1. The van der Waals surface area contributed by atoms with E-state index >= 15 is 0 Å². The number of pyridine rings is 2. The molecule has 3 aromatic heterocycles. The summed E-state index contributed by atoms with van der Waals surface area (Å²) in [4.78, 5) is 24.5. The highest BCUT2D eigenvalue weighted by atomic mass is 15.0. The van der Waals surface area contributed by atoms with Gasteiger partial charge in [-0.3, -0.25) is 9.97 Å². The first-order chi connectivity index (χ1) is 25.7. The topological polar surface area (TPSA) is 112 Å². The second-order valence-corrected chi connectivity index (χ2v) is 12.4. The molecule has 52 heavy (non-hydrogen) atoms.